The molecule has 0 aliphatic carbocycles. The maximum absolute atomic E-state index is 5.42. The molecule has 0 radical (unpaired) electrons. The number of ether oxygens (including phenoxy) is 1. The molecule has 1 heterocycles. The first-order valence-corrected chi connectivity index (χ1v) is 5.08. The van der Waals surface area contributed by atoms with E-state index in [1.807, 2.05) is 39.0 Å². The van der Waals surface area contributed by atoms with Crippen LogP contribution in [-0.2, 0) is 0 Å². The third-order valence-electron chi connectivity index (χ3n) is 2.36. The molecule has 78 valence electrons. The number of hydrogen-bond donors (Lipinski definition) is 0. The smallest absolute Gasteiger partial charge is 0.121 e. The fourth-order valence-electron chi connectivity index (χ4n) is 1.47. The zero-order valence-corrected chi connectivity index (χ0v) is 9.24. The number of hydrogen-bond acceptors (Lipinski definition) is 3. The van der Waals surface area contributed by atoms with Gasteiger partial charge in [-0.15, -0.1) is 0 Å². The van der Waals surface area contributed by atoms with Gasteiger partial charge in [-0.1, -0.05) is 0 Å². The number of aryl methyl sites for hydroxylation is 2. The van der Waals surface area contributed by atoms with Gasteiger partial charge in [0.25, 0.3) is 0 Å². The van der Waals surface area contributed by atoms with Crippen LogP contribution < -0.4 is 4.74 Å². The highest BCUT2D eigenvalue weighted by molar-refractivity contribution is 5.76. The first kappa shape index (κ1) is 9.90. The van der Waals surface area contributed by atoms with E-state index >= 15 is 0 Å². The largest absolute Gasteiger partial charge is 0.494 e. The van der Waals surface area contributed by atoms with Crippen molar-refractivity contribution in [2.45, 2.75) is 20.8 Å². The summed E-state index contributed by atoms with van der Waals surface area (Å²) in [5, 5.41) is 0. The van der Waals surface area contributed by atoms with E-state index in [1.165, 1.54) is 0 Å². The van der Waals surface area contributed by atoms with Gasteiger partial charge in [0.05, 0.1) is 29.0 Å². The van der Waals surface area contributed by atoms with Gasteiger partial charge in [0.15, 0.2) is 0 Å². The van der Waals surface area contributed by atoms with Crippen molar-refractivity contribution in [3.8, 4) is 5.75 Å². The molecule has 0 aliphatic rings. The predicted octanol–water partition coefficient (Wildman–Crippen LogP) is 2.65. The lowest BCUT2D eigenvalue weighted by Gasteiger charge is -2.05. The Morgan fingerprint density at radius 2 is 1.73 bits per heavy atom. The molecule has 0 unspecified atom stereocenters. The molecular weight excluding hydrogens is 188 g/mol. The number of fused-ring (bicyclic) bond motifs is 1. The van der Waals surface area contributed by atoms with Gasteiger partial charge in [-0.25, -0.2) is 9.97 Å². The van der Waals surface area contributed by atoms with Crippen molar-refractivity contribution in [3.05, 3.63) is 29.6 Å². The van der Waals surface area contributed by atoms with Gasteiger partial charge in [-0.2, -0.15) is 0 Å². The first-order valence-electron chi connectivity index (χ1n) is 5.08. The molecule has 0 bridgehead atoms. The van der Waals surface area contributed by atoms with Gasteiger partial charge in [0.1, 0.15) is 5.75 Å². The van der Waals surface area contributed by atoms with Crippen molar-refractivity contribution < 1.29 is 4.74 Å². The van der Waals surface area contributed by atoms with Crippen molar-refractivity contribution in [2.75, 3.05) is 6.61 Å². The summed E-state index contributed by atoms with van der Waals surface area (Å²) in [6, 6.07) is 5.80. The van der Waals surface area contributed by atoms with Crippen molar-refractivity contribution in [1.82, 2.24) is 9.97 Å². The molecule has 0 aliphatic heterocycles. The third-order valence-corrected chi connectivity index (χ3v) is 2.36. The second-order valence-corrected chi connectivity index (χ2v) is 3.48. The fraction of sp³-hybridized carbons (Fsp3) is 0.333. The van der Waals surface area contributed by atoms with Gasteiger partial charge in [-0.05, 0) is 32.9 Å². The topological polar surface area (TPSA) is 35.0 Å². The summed E-state index contributed by atoms with van der Waals surface area (Å²) in [5.41, 5.74) is 3.76. The Kier molecular flexibility index (Phi) is 2.54. The van der Waals surface area contributed by atoms with Crippen LogP contribution in [0.3, 0.4) is 0 Å². The molecule has 0 saturated heterocycles. The predicted molar refractivity (Wildman–Crippen MR) is 60.2 cm³/mol. The molecule has 15 heavy (non-hydrogen) atoms. The van der Waals surface area contributed by atoms with Gasteiger partial charge >= 0.3 is 0 Å². The van der Waals surface area contributed by atoms with E-state index in [1.54, 1.807) is 0 Å². The molecule has 1 aromatic heterocycles. The highest BCUT2D eigenvalue weighted by atomic mass is 16.5. The standard InChI is InChI=1S/C12H14N2O/c1-4-15-10-5-6-11-12(7-10)14-9(3)8(2)13-11/h5-7H,4H2,1-3H3. The molecule has 0 saturated carbocycles. The second kappa shape index (κ2) is 3.85. The summed E-state index contributed by atoms with van der Waals surface area (Å²) in [6.45, 7) is 6.58. The van der Waals surface area contributed by atoms with Crippen LogP contribution in [0, 0.1) is 13.8 Å². The van der Waals surface area contributed by atoms with Crippen LogP contribution in [0.1, 0.15) is 18.3 Å². The zero-order valence-electron chi connectivity index (χ0n) is 9.24. The maximum Gasteiger partial charge on any atom is 0.121 e. The van der Waals surface area contributed by atoms with E-state index < -0.39 is 0 Å². The van der Waals surface area contributed by atoms with Gasteiger partial charge in [-0.3, -0.25) is 0 Å². The summed E-state index contributed by atoms with van der Waals surface area (Å²) in [7, 11) is 0. The van der Waals surface area contributed by atoms with Gasteiger partial charge in [0, 0.05) is 6.07 Å². The number of nitrogens with zero attached hydrogens (tertiary/aromatic N) is 2. The third kappa shape index (κ3) is 1.91. The maximum atomic E-state index is 5.42. The van der Waals surface area contributed by atoms with E-state index in [2.05, 4.69) is 9.97 Å². The number of aromatic nitrogens is 2. The lowest BCUT2D eigenvalue weighted by molar-refractivity contribution is 0.340. The Labute approximate surface area is 89.1 Å². The molecule has 0 atom stereocenters. The minimum Gasteiger partial charge on any atom is -0.494 e. The van der Waals surface area contributed by atoms with Crippen molar-refractivity contribution in [2.24, 2.45) is 0 Å². The summed E-state index contributed by atoms with van der Waals surface area (Å²) >= 11 is 0. The highest BCUT2D eigenvalue weighted by Crippen LogP contribution is 2.18. The van der Waals surface area contributed by atoms with Gasteiger partial charge in [0.2, 0.25) is 0 Å². The fourth-order valence-corrected chi connectivity index (χ4v) is 1.47. The molecule has 0 amide bonds. The van der Waals surface area contributed by atoms with E-state index in [4.69, 9.17) is 4.74 Å². The van der Waals surface area contributed by atoms with E-state index in [9.17, 15) is 0 Å². The van der Waals surface area contributed by atoms with Crippen LogP contribution >= 0.6 is 0 Å². The molecule has 1 aromatic carbocycles. The van der Waals surface area contributed by atoms with E-state index in [-0.39, 0.29) is 0 Å². The van der Waals surface area contributed by atoms with Gasteiger partial charge < -0.3 is 4.74 Å². The molecule has 0 fully saturated rings. The quantitative estimate of drug-likeness (QED) is 0.751. The lowest BCUT2D eigenvalue weighted by atomic mass is 10.2. The second-order valence-electron chi connectivity index (χ2n) is 3.48. The van der Waals surface area contributed by atoms with E-state index in [0.29, 0.717) is 6.61 Å². The number of benzene rings is 1. The SMILES string of the molecule is CCOc1ccc2nc(C)c(C)nc2c1. The monoisotopic (exact) mass is 202 g/mol. The lowest BCUT2D eigenvalue weighted by Crippen LogP contribution is -1.95. The zero-order chi connectivity index (χ0) is 10.8. The number of rotatable bonds is 2. The van der Waals surface area contributed by atoms with Crippen molar-refractivity contribution in [1.29, 1.82) is 0 Å². The van der Waals surface area contributed by atoms with Crippen molar-refractivity contribution in [3.63, 3.8) is 0 Å². The Morgan fingerprint density at radius 1 is 1.07 bits per heavy atom. The molecule has 3 nitrogen and oxygen atoms in total. The summed E-state index contributed by atoms with van der Waals surface area (Å²) in [4.78, 5) is 8.93. The van der Waals surface area contributed by atoms with Crippen LogP contribution in [0.25, 0.3) is 11.0 Å². The minimum atomic E-state index is 0.670. The first-order chi connectivity index (χ1) is 7.20. The summed E-state index contributed by atoms with van der Waals surface area (Å²) < 4.78 is 5.42. The molecule has 2 aromatic rings. The molecule has 0 spiro atoms. The van der Waals surface area contributed by atoms with E-state index in [0.717, 1.165) is 28.2 Å². The van der Waals surface area contributed by atoms with Crippen LogP contribution in [-0.4, -0.2) is 16.6 Å². The van der Waals surface area contributed by atoms with Crippen LogP contribution in [0.2, 0.25) is 0 Å². The normalized spacial score (nSPS) is 10.6. The highest BCUT2D eigenvalue weighted by Gasteiger charge is 2.02. The average molecular weight is 202 g/mol. The summed E-state index contributed by atoms with van der Waals surface area (Å²) in [6.07, 6.45) is 0. The van der Waals surface area contributed by atoms with Crippen LogP contribution in [0.5, 0.6) is 5.75 Å². The Hall–Kier alpha value is -1.64. The van der Waals surface area contributed by atoms with Crippen LogP contribution in [0.4, 0.5) is 0 Å². The molecule has 3 heteroatoms. The van der Waals surface area contributed by atoms with Crippen LogP contribution in [0.15, 0.2) is 18.2 Å². The Balaban J connectivity index is 2.56. The Bertz CT molecular complexity index is 494. The van der Waals surface area contributed by atoms with Crippen molar-refractivity contribution >= 4 is 11.0 Å². The Morgan fingerprint density at radius 3 is 2.40 bits per heavy atom. The average Bonchev–Trinajstić information content (AvgIpc) is 2.21. The molecular formula is C12H14N2O. The molecule has 2 rings (SSSR count). The summed E-state index contributed by atoms with van der Waals surface area (Å²) in [5.74, 6) is 0.850. The minimum absolute atomic E-state index is 0.670. The molecule has 0 N–H and O–H groups in total.